The molecule has 1 aliphatic heterocycles. The number of carbonyl (C=O) groups is 1. The number of ketones is 1. The van der Waals surface area contributed by atoms with Crippen LogP contribution in [0.15, 0.2) is 18.2 Å². The highest BCUT2D eigenvalue weighted by Crippen LogP contribution is 2.22. The Hall–Kier alpha value is -1.35. The monoisotopic (exact) mass is 218 g/mol. The van der Waals surface area contributed by atoms with Crippen LogP contribution in [0.5, 0.6) is 0 Å². The van der Waals surface area contributed by atoms with Crippen LogP contribution < -0.4 is 11.1 Å². The molecule has 86 valence electrons. The molecule has 1 atom stereocenters. The van der Waals surface area contributed by atoms with Crippen molar-refractivity contribution in [2.24, 2.45) is 5.92 Å². The Morgan fingerprint density at radius 2 is 2.31 bits per heavy atom. The number of benzene rings is 1. The van der Waals surface area contributed by atoms with Crippen LogP contribution in [0.4, 0.5) is 5.69 Å². The van der Waals surface area contributed by atoms with Crippen molar-refractivity contribution in [3.8, 4) is 0 Å². The number of aryl methyl sites for hydroxylation is 1. The molecule has 1 aromatic carbocycles. The molecule has 3 heteroatoms. The number of nitrogens with two attached hydrogens (primary N) is 1. The molecule has 3 nitrogen and oxygen atoms in total. The van der Waals surface area contributed by atoms with Crippen molar-refractivity contribution in [3.63, 3.8) is 0 Å². The highest BCUT2D eigenvalue weighted by molar-refractivity contribution is 6.02. The van der Waals surface area contributed by atoms with Gasteiger partial charge in [0.25, 0.3) is 0 Å². The van der Waals surface area contributed by atoms with Gasteiger partial charge in [-0.1, -0.05) is 12.1 Å². The van der Waals surface area contributed by atoms with Crippen LogP contribution >= 0.6 is 0 Å². The Kier molecular flexibility index (Phi) is 3.25. The lowest BCUT2D eigenvalue weighted by atomic mass is 9.89. The number of para-hydroxylation sites is 1. The van der Waals surface area contributed by atoms with Crippen LogP contribution in [0.25, 0.3) is 0 Å². The first-order chi connectivity index (χ1) is 7.70. The maximum absolute atomic E-state index is 12.3. The summed E-state index contributed by atoms with van der Waals surface area (Å²) < 4.78 is 0. The lowest BCUT2D eigenvalue weighted by Gasteiger charge is -2.22. The van der Waals surface area contributed by atoms with Crippen molar-refractivity contribution in [1.82, 2.24) is 5.32 Å². The van der Waals surface area contributed by atoms with Crippen LogP contribution in [-0.4, -0.2) is 18.9 Å². The number of nitrogen functional groups attached to an aromatic ring is 1. The first kappa shape index (κ1) is 11.1. The summed E-state index contributed by atoms with van der Waals surface area (Å²) in [7, 11) is 0. The number of carbonyl (C=O) groups excluding carboxylic acids is 1. The number of hydrogen-bond donors (Lipinski definition) is 2. The number of piperidine rings is 1. The maximum Gasteiger partial charge on any atom is 0.169 e. The second-order valence-electron chi connectivity index (χ2n) is 4.44. The van der Waals surface area contributed by atoms with Crippen molar-refractivity contribution in [2.45, 2.75) is 19.8 Å². The average molecular weight is 218 g/mol. The summed E-state index contributed by atoms with van der Waals surface area (Å²) >= 11 is 0. The molecule has 0 spiro atoms. The van der Waals surface area contributed by atoms with E-state index in [2.05, 4.69) is 5.32 Å². The summed E-state index contributed by atoms with van der Waals surface area (Å²) in [6.45, 7) is 3.74. The van der Waals surface area contributed by atoms with E-state index in [0.717, 1.165) is 31.5 Å². The van der Waals surface area contributed by atoms with Gasteiger partial charge in [-0.25, -0.2) is 0 Å². The first-order valence-electron chi connectivity index (χ1n) is 5.80. The fourth-order valence-electron chi connectivity index (χ4n) is 2.19. The molecule has 1 unspecified atom stereocenters. The summed E-state index contributed by atoms with van der Waals surface area (Å²) in [5.74, 6) is 0.284. The fraction of sp³-hybridized carbons (Fsp3) is 0.462. The third-order valence-corrected chi connectivity index (χ3v) is 3.26. The van der Waals surface area contributed by atoms with Gasteiger partial charge in [0.15, 0.2) is 5.78 Å². The minimum atomic E-state index is 0.0952. The molecule has 16 heavy (non-hydrogen) atoms. The zero-order chi connectivity index (χ0) is 11.5. The van der Waals surface area contributed by atoms with Gasteiger partial charge in [0.05, 0.1) is 0 Å². The summed E-state index contributed by atoms with van der Waals surface area (Å²) in [5, 5.41) is 3.26. The third kappa shape index (κ3) is 2.09. The van der Waals surface area contributed by atoms with Crippen LogP contribution in [0.3, 0.4) is 0 Å². The van der Waals surface area contributed by atoms with E-state index in [-0.39, 0.29) is 11.7 Å². The summed E-state index contributed by atoms with van der Waals surface area (Å²) in [6, 6.07) is 5.67. The zero-order valence-corrected chi connectivity index (χ0v) is 9.62. The molecule has 0 bridgehead atoms. The van der Waals surface area contributed by atoms with Crippen molar-refractivity contribution in [2.75, 3.05) is 18.8 Å². The highest BCUT2D eigenvalue weighted by Gasteiger charge is 2.23. The van der Waals surface area contributed by atoms with Crippen molar-refractivity contribution < 1.29 is 4.79 Å². The predicted octanol–water partition coefficient (Wildman–Crippen LogP) is 1.76. The third-order valence-electron chi connectivity index (χ3n) is 3.26. The van der Waals surface area contributed by atoms with Gasteiger partial charge in [-0.3, -0.25) is 4.79 Å². The van der Waals surface area contributed by atoms with Gasteiger partial charge in [0.2, 0.25) is 0 Å². The molecule has 1 aromatic rings. The van der Waals surface area contributed by atoms with Crippen molar-refractivity contribution in [1.29, 1.82) is 0 Å². The number of rotatable bonds is 2. The van der Waals surface area contributed by atoms with E-state index in [9.17, 15) is 4.79 Å². The molecule has 1 aliphatic rings. The molecular weight excluding hydrogens is 200 g/mol. The summed E-state index contributed by atoms with van der Waals surface area (Å²) in [6.07, 6.45) is 2.04. The Morgan fingerprint density at radius 1 is 1.50 bits per heavy atom. The molecule has 1 heterocycles. The Labute approximate surface area is 96.0 Å². The second-order valence-corrected chi connectivity index (χ2v) is 4.44. The van der Waals surface area contributed by atoms with E-state index in [1.807, 2.05) is 25.1 Å². The SMILES string of the molecule is Cc1cccc(C(=O)C2CCCNC2)c1N. The van der Waals surface area contributed by atoms with Gasteiger partial charge in [-0.05, 0) is 37.9 Å². The van der Waals surface area contributed by atoms with Crippen LogP contribution in [0, 0.1) is 12.8 Å². The average Bonchev–Trinajstić information content (AvgIpc) is 2.33. The van der Waals surface area contributed by atoms with Crippen molar-refractivity contribution in [3.05, 3.63) is 29.3 Å². The minimum Gasteiger partial charge on any atom is -0.398 e. The number of Topliss-reactive ketones (excluding diaryl/α,β-unsaturated/α-hetero) is 1. The van der Waals surface area contributed by atoms with E-state index < -0.39 is 0 Å². The minimum absolute atomic E-state index is 0.0952. The molecule has 0 radical (unpaired) electrons. The van der Waals surface area contributed by atoms with E-state index in [1.165, 1.54) is 0 Å². The number of anilines is 1. The second kappa shape index (κ2) is 4.66. The zero-order valence-electron chi connectivity index (χ0n) is 9.62. The lowest BCUT2D eigenvalue weighted by molar-refractivity contribution is 0.0900. The molecule has 0 aromatic heterocycles. The quantitative estimate of drug-likeness (QED) is 0.587. The van der Waals surface area contributed by atoms with E-state index in [4.69, 9.17) is 5.73 Å². The molecule has 3 N–H and O–H groups in total. The number of nitrogens with one attached hydrogen (secondary N) is 1. The molecule has 1 saturated heterocycles. The molecular formula is C13H18N2O. The van der Waals surface area contributed by atoms with E-state index in [1.54, 1.807) is 0 Å². The lowest BCUT2D eigenvalue weighted by Crippen LogP contribution is -2.34. The fourth-order valence-corrected chi connectivity index (χ4v) is 2.19. The molecule has 0 amide bonds. The van der Waals surface area contributed by atoms with Gasteiger partial charge in [0, 0.05) is 23.7 Å². The van der Waals surface area contributed by atoms with Gasteiger partial charge >= 0.3 is 0 Å². The Morgan fingerprint density at radius 3 is 3.00 bits per heavy atom. The predicted molar refractivity (Wildman–Crippen MR) is 65.5 cm³/mol. The van der Waals surface area contributed by atoms with Gasteiger partial charge in [-0.15, -0.1) is 0 Å². The highest BCUT2D eigenvalue weighted by atomic mass is 16.1. The van der Waals surface area contributed by atoms with Crippen LogP contribution in [0.2, 0.25) is 0 Å². The largest absolute Gasteiger partial charge is 0.398 e. The topological polar surface area (TPSA) is 55.1 Å². The Balaban J connectivity index is 2.22. The van der Waals surface area contributed by atoms with Crippen LogP contribution in [0.1, 0.15) is 28.8 Å². The van der Waals surface area contributed by atoms with Gasteiger partial charge < -0.3 is 11.1 Å². The molecule has 0 saturated carbocycles. The Bertz CT molecular complexity index is 395. The normalized spacial score (nSPS) is 20.7. The van der Waals surface area contributed by atoms with E-state index in [0.29, 0.717) is 11.3 Å². The number of hydrogen-bond acceptors (Lipinski definition) is 3. The molecule has 0 aliphatic carbocycles. The van der Waals surface area contributed by atoms with Gasteiger partial charge in [-0.2, -0.15) is 0 Å². The summed E-state index contributed by atoms with van der Waals surface area (Å²) in [4.78, 5) is 12.3. The molecule has 2 rings (SSSR count). The van der Waals surface area contributed by atoms with Crippen LogP contribution in [-0.2, 0) is 0 Å². The standard InChI is InChI=1S/C13H18N2O/c1-9-4-2-6-11(12(9)14)13(16)10-5-3-7-15-8-10/h2,4,6,10,15H,3,5,7-8,14H2,1H3. The van der Waals surface area contributed by atoms with Crippen molar-refractivity contribution >= 4 is 11.5 Å². The molecule has 1 fully saturated rings. The maximum atomic E-state index is 12.3. The van der Waals surface area contributed by atoms with Gasteiger partial charge in [0.1, 0.15) is 0 Å². The summed E-state index contributed by atoms with van der Waals surface area (Å²) in [5.41, 5.74) is 8.26. The smallest absolute Gasteiger partial charge is 0.169 e. The van der Waals surface area contributed by atoms with E-state index >= 15 is 0 Å². The first-order valence-corrected chi connectivity index (χ1v) is 5.80.